The van der Waals surface area contributed by atoms with Crippen molar-refractivity contribution in [3.8, 4) is 17.5 Å². The lowest BCUT2D eigenvalue weighted by Crippen LogP contribution is -2.11. The van der Waals surface area contributed by atoms with Gasteiger partial charge >= 0.3 is 0 Å². The van der Waals surface area contributed by atoms with Gasteiger partial charge in [-0.25, -0.2) is 8.42 Å². The molecule has 0 unspecified atom stereocenters. The highest BCUT2D eigenvalue weighted by Gasteiger charge is 2.44. The summed E-state index contributed by atoms with van der Waals surface area (Å²) in [6, 6.07) is 9.91. The van der Waals surface area contributed by atoms with E-state index in [-0.39, 0.29) is 23.3 Å². The second-order valence-corrected chi connectivity index (χ2v) is 8.25. The monoisotopic (exact) mass is 331 g/mol. The molecular weight excluding hydrogens is 314 g/mol. The fourth-order valence-electron chi connectivity index (χ4n) is 2.40. The second-order valence-electron chi connectivity index (χ2n) is 5.78. The summed E-state index contributed by atoms with van der Waals surface area (Å²) in [6.45, 7) is 1.62. The zero-order chi connectivity index (χ0) is 16.5. The number of rotatable bonds is 6. The molecule has 1 aliphatic rings. The van der Waals surface area contributed by atoms with Crippen LogP contribution in [-0.4, -0.2) is 30.1 Å². The highest BCUT2D eigenvalue weighted by Crippen LogP contribution is 2.48. The molecule has 2 aromatic rings. The Bertz CT molecular complexity index is 861. The molecule has 0 atom stereocenters. The van der Waals surface area contributed by atoms with Crippen molar-refractivity contribution < 1.29 is 12.9 Å². The van der Waals surface area contributed by atoms with Gasteiger partial charge in [0.1, 0.15) is 9.84 Å². The van der Waals surface area contributed by atoms with E-state index < -0.39 is 9.84 Å². The Morgan fingerprint density at radius 1 is 1.39 bits per heavy atom. The van der Waals surface area contributed by atoms with Crippen LogP contribution in [0.4, 0.5) is 0 Å². The highest BCUT2D eigenvalue weighted by atomic mass is 32.2. The minimum absolute atomic E-state index is 0.0139. The van der Waals surface area contributed by atoms with Gasteiger partial charge in [0.15, 0.2) is 5.82 Å². The van der Waals surface area contributed by atoms with Crippen LogP contribution in [0, 0.1) is 11.3 Å². The summed E-state index contributed by atoms with van der Waals surface area (Å²) in [5, 5.41) is 13.1. The summed E-state index contributed by atoms with van der Waals surface area (Å²) in [5.41, 5.74) is 1.35. The van der Waals surface area contributed by atoms with E-state index >= 15 is 0 Å². The Morgan fingerprint density at radius 2 is 2.17 bits per heavy atom. The van der Waals surface area contributed by atoms with Gasteiger partial charge in [-0.2, -0.15) is 10.2 Å². The SMILES string of the molecule is CCS(=O)(=O)CCc1noc(-c2cccc(C3(C#N)CC3)c2)n1. The van der Waals surface area contributed by atoms with Crippen LogP contribution < -0.4 is 0 Å². The van der Waals surface area contributed by atoms with Crippen LogP contribution in [0.5, 0.6) is 0 Å². The predicted octanol–water partition coefficient (Wildman–Crippen LogP) is 2.27. The fourth-order valence-corrected chi connectivity index (χ4v) is 3.19. The maximum Gasteiger partial charge on any atom is 0.257 e. The number of aromatic nitrogens is 2. The molecular formula is C16H17N3O3S. The van der Waals surface area contributed by atoms with Gasteiger partial charge in [0.2, 0.25) is 0 Å². The molecule has 1 heterocycles. The van der Waals surface area contributed by atoms with E-state index in [2.05, 4.69) is 16.2 Å². The highest BCUT2D eigenvalue weighted by molar-refractivity contribution is 7.91. The Kier molecular flexibility index (Phi) is 3.94. The van der Waals surface area contributed by atoms with Crippen LogP contribution in [0.1, 0.15) is 31.2 Å². The number of nitrogens with zero attached hydrogens (tertiary/aromatic N) is 3. The zero-order valence-electron chi connectivity index (χ0n) is 12.8. The summed E-state index contributed by atoms with van der Waals surface area (Å²) in [7, 11) is -3.05. The average molecular weight is 331 g/mol. The molecule has 1 fully saturated rings. The van der Waals surface area contributed by atoms with E-state index in [1.54, 1.807) is 6.92 Å². The number of hydrogen-bond donors (Lipinski definition) is 0. The number of aryl methyl sites for hydroxylation is 1. The lowest BCUT2D eigenvalue weighted by Gasteiger charge is -2.06. The number of nitriles is 1. The molecule has 1 aromatic carbocycles. The van der Waals surface area contributed by atoms with Gasteiger partial charge in [-0.3, -0.25) is 0 Å². The molecule has 0 radical (unpaired) electrons. The van der Waals surface area contributed by atoms with Gasteiger partial charge < -0.3 is 4.52 Å². The summed E-state index contributed by atoms with van der Waals surface area (Å²) in [4.78, 5) is 4.26. The molecule has 0 spiro atoms. The minimum Gasteiger partial charge on any atom is -0.334 e. The van der Waals surface area contributed by atoms with Crippen molar-refractivity contribution in [3.63, 3.8) is 0 Å². The van der Waals surface area contributed by atoms with Crippen molar-refractivity contribution in [1.82, 2.24) is 10.1 Å². The van der Waals surface area contributed by atoms with Crippen LogP contribution in [0.25, 0.3) is 11.5 Å². The largest absolute Gasteiger partial charge is 0.334 e. The molecule has 23 heavy (non-hydrogen) atoms. The topological polar surface area (TPSA) is 96.9 Å². The van der Waals surface area contributed by atoms with Crippen molar-refractivity contribution in [2.75, 3.05) is 11.5 Å². The second kappa shape index (κ2) is 5.78. The van der Waals surface area contributed by atoms with E-state index in [0.717, 1.165) is 24.0 Å². The quantitative estimate of drug-likeness (QED) is 0.805. The van der Waals surface area contributed by atoms with Gasteiger partial charge in [-0.15, -0.1) is 0 Å². The third-order valence-corrected chi connectivity index (χ3v) is 5.88. The van der Waals surface area contributed by atoms with E-state index in [1.807, 2.05) is 24.3 Å². The Labute approximate surface area is 135 Å². The molecule has 0 saturated heterocycles. The first kappa shape index (κ1) is 15.7. The van der Waals surface area contributed by atoms with Crippen molar-refractivity contribution >= 4 is 9.84 Å². The molecule has 0 amide bonds. The molecule has 1 aromatic heterocycles. The van der Waals surface area contributed by atoms with E-state index in [4.69, 9.17) is 4.52 Å². The van der Waals surface area contributed by atoms with Crippen molar-refractivity contribution in [2.45, 2.75) is 31.6 Å². The molecule has 6 nitrogen and oxygen atoms in total. The third-order valence-electron chi connectivity index (χ3n) is 4.17. The minimum atomic E-state index is -3.05. The van der Waals surface area contributed by atoms with Crippen LogP contribution in [0.2, 0.25) is 0 Å². The molecule has 0 bridgehead atoms. The first-order chi connectivity index (χ1) is 11.0. The molecule has 1 saturated carbocycles. The summed E-state index contributed by atoms with van der Waals surface area (Å²) in [5.74, 6) is 0.851. The van der Waals surface area contributed by atoms with Crippen LogP contribution in [0.15, 0.2) is 28.8 Å². The van der Waals surface area contributed by atoms with Crippen LogP contribution in [-0.2, 0) is 21.7 Å². The maximum absolute atomic E-state index is 11.5. The van der Waals surface area contributed by atoms with Gasteiger partial charge in [0, 0.05) is 17.7 Å². The van der Waals surface area contributed by atoms with Crippen molar-refractivity contribution in [1.29, 1.82) is 5.26 Å². The van der Waals surface area contributed by atoms with Gasteiger partial charge in [0.25, 0.3) is 5.89 Å². The smallest absolute Gasteiger partial charge is 0.257 e. The van der Waals surface area contributed by atoms with Gasteiger partial charge in [-0.1, -0.05) is 24.2 Å². The molecule has 0 N–H and O–H groups in total. The average Bonchev–Trinajstić information content (AvgIpc) is 3.23. The van der Waals surface area contributed by atoms with Crippen molar-refractivity contribution in [3.05, 3.63) is 35.7 Å². The lowest BCUT2D eigenvalue weighted by molar-refractivity contribution is 0.423. The van der Waals surface area contributed by atoms with Crippen molar-refractivity contribution in [2.24, 2.45) is 0 Å². The molecule has 1 aliphatic carbocycles. The Hall–Kier alpha value is -2.20. The third kappa shape index (κ3) is 3.27. The molecule has 120 valence electrons. The first-order valence-electron chi connectivity index (χ1n) is 7.53. The molecule has 7 heteroatoms. The van der Waals surface area contributed by atoms with E-state index in [9.17, 15) is 13.7 Å². The Morgan fingerprint density at radius 3 is 2.83 bits per heavy atom. The molecule has 3 rings (SSSR count). The zero-order valence-corrected chi connectivity index (χ0v) is 13.6. The number of hydrogen-bond acceptors (Lipinski definition) is 6. The maximum atomic E-state index is 11.5. The number of sulfone groups is 1. The fraction of sp³-hybridized carbons (Fsp3) is 0.438. The first-order valence-corrected chi connectivity index (χ1v) is 9.35. The summed E-state index contributed by atoms with van der Waals surface area (Å²) < 4.78 is 28.3. The number of benzene rings is 1. The normalized spacial score (nSPS) is 16.0. The standard InChI is InChI=1S/C16H17N3O3S/c1-2-23(20,21)9-6-14-18-15(22-19-14)12-4-3-5-13(10-12)16(11-17)7-8-16/h3-5,10H,2,6-9H2,1H3. The summed E-state index contributed by atoms with van der Waals surface area (Å²) in [6.07, 6.45) is 1.98. The van der Waals surface area contributed by atoms with Crippen LogP contribution in [0.3, 0.4) is 0 Å². The van der Waals surface area contributed by atoms with Crippen LogP contribution >= 0.6 is 0 Å². The van der Waals surface area contributed by atoms with Gasteiger partial charge in [0.05, 0.1) is 17.2 Å². The lowest BCUT2D eigenvalue weighted by atomic mass is 9.96. The predicted molar refractivity (Wildman–Crippen MR) is 84.3 cm³/mol. The molecule has 0 aliphatic heterocycles. The van der Waals surface area contributed by atoms with E-state index in [1.165, 1.54) is 0 Å². The van der Waals surface area contributed by atoms with Gasteiger partial charge in [-0.05, 0) is 30.5 Å². The van der Waals surface area contributed by atoms with E-state index in [0.29, 0.717) is 11.7 Å². The Balaban J connectivity index is 1.79. The summed E-state index contributed by atoms with van der Waals surface area (Å²) >= 11 is 0.